The van der Waals surface area contributed by atoms with Crippen LogP contribution in [-0.4, -0.2) is 16.0 Å². The van der Waals surface area contributed by atoms with Crippen LogP contribution in [0.1, 0.15) is 33.3 Å². The van der Waals surface area contributed by atoms with Gasteiger partial charge in [-0.1, -0.05) is 32.9 Å². The molecule has 0 aliphatic carbocycles. The highest BCUT2D eigenvalue weighted by molar-refractivity contribution is 7.85. The predicted octanol–water partition coefficient (Wildman–Crippen LogP) is 2.44. The molecule has 16 heavy (non-hydrogen) atoms. The maximum absolute atomic E-state index is 11.8. The monoisotopic (exact) mass is 239 g/mol. The predicted molar refractivity (Wildman–Crippen MR) is 70.1 cm³/mol. The zero-order chi connectivity index (χ0) is 12.3. The summed E-state index contributed by atoms with van der Waals surface area (Å²) >= 11 is 0. The van der Waals surface area contributed by atoms with Gasteiger partial charge in [0.25, 0.3) is 0 Å². The Kier molecular flexibility index (Phi) is 4.28. The van der Waals surface area contributed by atoms with Crippen LogP contribution < -0.4 is 5.73 Å². The van der Waals surface area contributed by atoms with E-state index in [0.29, 0.717) is 5.75 Å². The fourth-order valence-corrected chi connectivity index (χ4v) is 2.55. The zero-order valence-corrected chi connectivity index (χ0v) is 11.3. The fourth-order valence-electron chi connectivity index (χ4n) is 1.44. The van der Waals surface area contributed by atoms with Crippen molar-refractivity contribution in [2.24, 2.45) is 5.73 Å². The van der Waals surface area contributed by atoms with Crippen molar-refractivity contribution in [3.05, 3.63) is 29.8 Å². The largest absolute Gasteiger partial charge is 0.327 e. The maximum Gasteiger partial charge on any atom is 0.0545 e. The fraction of sp³-hybridized carbons (Fsp3) is 0.538. The summed E-state index contributed by atoms with van der Waals surface area (Å²) in [4.78, 5) is 0.866. The van der Waals surface area contributed by atoms with Gasteiger partial charge in [-0.3, -0.25) is 4.21 Å². The Labute approximate surface area is 101 Å². The third-order valence-corrected chi connectivity index (χ3v) is 4.02. The average molecular weight is 239 g/mol. The summed E-state index contributed by atoms with van der Waals surface area (Å²) in [6.07, 6.45) is 0. The van der Waals surface area contributed by atoms with Crippen LogP contribution in [0, 0.1) is 0 Å². The highest BCUT2D eigenvalue weighted by Gasteiger charge is 2.14. The standard InChI is InChI=1S/C13H21NOS/c1-10(14)9-16(15)12-7-5-11(6-8-12)13(2,3)4/h5-8,10H,9,14H2,1-4H3. The van der Waals surface area contributed by atoms with E-state index < -0.39 is 10.8 Å². The van der Waals surface area contributed by atoms with Crippen LogP contribution in [0.15, 0.2) is 29.2 Å². The second-order valence-electron chi connectivity index (χ2n) is 5.26. The summed E-state index contributed by atoms with van der Waals surface area (Å²) in [6, 6.07) is 7.96. The third kappa shape index (κ3) is 3.72. The molecule has 0 amide bonds. The van der Waals surface area contributed by atoms with Crippen molar-refractivity contribution in [2.45, 2.75) is 44.0 Å². The van der Waals surface area contributed by atoms with E-state index in [1.165, 1.54) is 5.56 Å². The van der Waals surface area contributed by atoms with E-state index in [0.717, 1.165) is 4.90 Å². The molecule has 0 fully saturated rings. The summed E-state index contributed by atoms with van der Waals surface area (Å²) < 4.78 is 11.8. The van der Waals surface area contributed by atoms with Gasteiger partial charge in [-0.2, -0.15) is 0 Å². The topological polar surface area (TPSA) is 43.1 Å². The van der Waals surface area contributed by atoms with Crippen molar-refractivity contribution >= 4 is 10.8 Å². The van der Waals surface area contributed by atoms with Gasteiger partial charge in [0.15, 0.2) is 0 Å². The Balaban J connectivity index is 2.83. The van der Waals surface area contributed by atoms with Gasteiger partial charge >= 0.3 is 0 Å². The lowest BCUT2D eigenvalue weighted by molar-refractivity contribution is 0.589. The van der Waals surface area contributed by atoms with Gasteiger partial charge in [0.2, 0.25) is 0 Å². The van der Waals surface area contributed by atoms with Crippen molar-refractivity contribution in [1.29, 1.82) is 0 Å². The van der Waals surface area contributed by atoms with Crippen LogP contribution in [0.4, 0.5) is 0 Å². The zero-order valence-electron chi connectivity index (χ0n) is 10.5. The molecular weight excluding hydrogens is 218 g/mol. The van der Waals surface area contributed by atoms with Gasteiger partial charge in [0, 0.05) is 16.7 Å². The molecule has 2 N–H and O–H groups in total. The highest BCUT2D eigenvalue weighted by atomic mass is 32.2. The Morgan fingerprint density at radius 1 is 1.25 bits per heavy atom. The van der Waals surface area contributed by atoms with Crippen LogP contribution in [-0.2, 0) is 16.2 Å². The highest BCUT2D eigenvalue weighted by Crippen LogP contribution is 2.23. The second-order valence-corrected chi connectivity index (χ2v) is 6.76. The number of benzene rings is 1. The molecule has 2 nitrogen and oxygen atoms in total. The number of nitrogens with two attached hydrogens (primary N) is 1. The molecule has 0 saturated heterocycles. The minimum absolute atomic E-state index is 0.0249. The normalized spacial score (nSPS) is 15.8. The molecule has 90 valence electrons. The number of rotatable bonds is 3. The van der Waals surface area contributed by atoms with Gasteiger partial charge in [-0.25, -0.2) is 0 Å². The summed E-state index contributed by atoms with van der Waals surface area (Å²) in [7, 11) is -0.974. The molecule has 3 heteroatoms. The Morgan fingerprint density at radius 3 is 2.12 bits per heavy atom. The van der Waals surface area contributed by atoms with Crippen molar-refractivity contribution in [3.8, 4) is 0 Å². The van der Waals surface area contributed by atoms with Crippen molar-refractivity contribution in [3.63, 3.8) is 0 Å². The first kappa shape index (κ1) is 13.4. The molecule has 0 spiro atoms. The second kappa shape index (κ2) is 5.11. The van der Waals surface area contributed by atoms with Crippen LogP contribution in [0.2, 0.25) is 0 Å². The van der Waals surface area contributed by atoms with Gasteiger partial charge in [0.05, 0.1) is 10.8 Å². The average Bonchev–Trinajstić information content (AvgIpc) is 2.15. The van der Waals surface area contributed by atoms with Gasteiger partial charge < -0.3 is 5.73 Å². The first-order valence-electron chi connectivity index (χ1n) is 5.55. The summed E-state index contributed by atoms with van der Waals surface area (Å²) in [5.74, 6) is 0.523. The molecule has 0 aromatic heterocycles. The molecule has 0 aliphatic heterocycles. The first-order chi connectivity index (χ1) is 7.30. The molecule has 1 aromatic rings. The Bertz CT molecular complexity index is 363. The summed E-state index contributed by atoms with van der Waals surface area (Å²) in [5, 5.41) is 0. The van der Waals surface area contributed by atoms with Crippen LogP contribution >= 0.6 is 0 Å². The molecule has 2 unspecified atom stereocenters. The van der Waals surface area contributed by atoms with E-state index in [1.807, 2.05) is 19.1 Å². The van der Waals surface area contributed by atoms with E-state index in [1.54, 1.807) is 0 Å². The lowest BCUT2D eigenvalue weighted by atomic mass is 9.87. The van der Waals surface area contributed by atoms with Crippen molar-refractivity contribution in [1.82, 2.24) is 0 Å². The number of hydrogen-bond donors (Lipinski definition) is 1. The molecular formula is C13H21NOS. The Hall–Kier alpha value is -0.670. The molecule has 0 saturated carbocycles. The van der Waals surface area contributed by atoms with Crippen LogP contribution in [0.25, 0.3) is 0 Å². The van der Waals surface area contributed by atoms with E-state index >= 15 is 0 Å². The van der Waals surface area contributed by atoms with Crippen molar-refractivity contribution < 1.29 is 4.21 Å². The minimum atomic E-state index is -0.974. The smallest absolute Gasteiger partial charge is 0.0545 e. The lowest BCUT2D eigenvalue weighted by Gasteiger charge is -2.19. The number of hydrogen-bond acceptors (Lipinski definition) is 2. The van der Waals surface area contributed by atoms with Gasteiger partial charge in [0.1, 0.15) is 0 Å². The third-order valence-electron chi connectivity index (χ3n) is 2.40. The first-order valence-corrected chi connectivity index (χ1v) is 6.87. The molecule has 1 aromatic carbocycles. The van der Waals surface area contributed by atoms with Crippen molar-refractivity contribution in [2.75, 3.05) is 5.75 Å². The lowest BCUT2D eigenvalue weighted by Crippen LogP contribution is -2.23. The van der Waals surface area contributed by atoms with Gasteiger partial charge in [-0.15, -0.1) is 0 Å². The van der Waals surface area contributed by atoms with E-state index in [9.17, 15) is 4.21 Å². The summed E-state index contributed by atoms with van der Waals surface area (Å²) in [5.41, 5.74) is 7.04. The SMILES string of the molecule is CC(N)CS(=O)c1ccc(C(C)(C)C)cc1. The molecule has 0 radical (unpaired) electrons. The van der Waals surface area contributed by atoms with Crippen LogP contribution in [0.3, 0.4) is 0 Å². The molecule has 0 aliphatic rings. The minimum Gasteiger partial charge on any atom is -0.327 e. The maximum atomic E-state index is 11.8. The van der Waals surface area contributed by atoms with E-state index in [2.05, 4.69) is 32.9 Å². The van der Waals surface area contributed by atoms with E-state index in [-0.39, 0.29) is 11.5 Å². The molecule has 0 heterocycles. The summed E-state index contributed by atoms with van der Waals surface area (Å²) in [6.45, 7) is 8.38. The Morgan fingerprint density at radius 2 is 1.75 bits per heavy atom. The quantitative estimate of drug-likeness (QED) is 0.880. The van der Waals surface area contributed by atoms with Gasteiger partial charge in [-0.05, 0) is 30.0 Å². The van der Waals surface area contributed by atoms with E-state index in [4.69, 9.17) is 5.73 Å². The molecule has 1 rings (SSSR count). The molecule has 2 atom stereocenters. The van der Waals surface area contributed by atoms with Crippen LogP contribution in [0.5, 0.6) is 0 Å². The molecule has 0 bridgehead atoms.